The van der Waals surface area contributed by atoms with Crippen LogP contribution in [0.4, 0.5) is 0 Å². The molecule has 0 saturated heterocycles. The maximum absolute atomic E-state index is 13.0. The van der Waals surface area contributed by atoms with Crippen molar-refractivity contribution in [2.24, 2.45) is 0 Å². The number of carbonyl (C=O) groups is 1. The fourth-order valence-corrected chi connectivity index (χ4v) is 3.64. The lowest BCUT2D eigenvalue weighted by Crippen LogP contribution is -2.32. The zero-order valence-corrected chi connectivity index (χ0v) is 15.2. The SMILES string of the molecule is CC#CCOc1ccc([S+]([O-])C(C(=O)NO)c2ccccc2OC)cc1. The van der Waals surface area contributed by atoms with Gasteiger partial charge in [0.25, 0.3) is 0 Å². The van der Waals surface area contributed by atoms with Crippen molar-refractivity contribution >= 4 is 17.1 Å². The third-order valence-electron chi connectivity index (χ3n) is 3.53. The maximum Gasteiger partial charge on any atom is 0.301 e. The summed E-state index contributed by atoms with van der Waals surface area (Å²) in [4.78, 5) is 12.6. The van der Waals surface area contributed by atoms with Crippen molar-refractivity contribution in [2.45, 2.75) is 17.1 Å². The summed E-state index contributed by atoms with van der Waals surface area (Å²) < 4.78 is 23.7. The van der Waals surface area contributed by atoms with E-state index in [0.717, 1.165) is 0 Å². The molecule has 0 aliphatic rings. The van der Waals surface area contributed by atoms with Gasteiger partial charge >= 0.3 is 5.91 Å². The van der Waals surface area contributed by atoms with E-state index in [1.54, 1.807) is 60.9 Å². The highest BCUT2D eigenvalue weighted by Crippen LogP contribution is 2.35. The molecule has 0 aliphatic carbocycles. The molecule has 0 aliphatic heterocycles. The predicted octanol–water partition coefficient (Wildman–Crippen LogP) is 2.45. The average molecular weight is 373 g/mol. The smallest absolute Gasteiger partial charge is 0.301 e. The molecule has 0 spiro atoms. The molecule has 2 rings (SSSR count). The van der Waals surface area contributed by atoms with E-state index in [2.05, 4.69) is 11.8 Å². The van der Waals surface area contributed by atoms with Gasteiger partial charge in [-0.2, -0.15) is 0 Å². The second-order valence-corrected chi connectivity index (χ2v) is 6.62. The molecule has 2 unspecified atom stereocenters. The third kappa shape index (κ3) is 4.70. The molecule has 6 nitrogen and oxygen atoms in total. The Labute approximate surface area is 155 Å². The lowest BCUT2D eigenvalue weighted by molar-refractivity contribution is -0.128. The van der Waals surface area contributed by atoms with Crippen LogP contribution in [0.5, 0.6) is 11.5 Å². The van der Waals surface area contributed by atoms with Crippen molar-refractivity contribution in [2.75, 3.05) is 13.7 Å². The number of para-hydroxylation sites is 1. The van der Waals surface area contributed by atoms with Crippen molar-refractivity contribution in [1.82, 2.24) is 5.48 Å². The molecule has 2 aromatic carbocycles. The van der Waals surface area contributed by atoms with Crippen molar-refractivity contribution < 1.29 is 24.0 Å². The summed E-state index contributed by atoms with van der Waals surface area (Å²) in [7, 11) is 1.46. The van der Waals surface area contributed by atoms with Crippen LogP contribution in [0.1, 0.15) is 17.7 Å². The molecule has 7 heteroatoms. The monoisotopic (exact) mass is 373 g/mol. The first-order valence-corrected chi connectivity index (χ1v) is 8.93. The Kier molecular flexibility index (Phi) is 7.36. The quantitative estimate of drug-likeness (QED) is 0.337. The minimum Gasteiger partial charge on any atom is -0.611 e. The van der Waals surface area contributed by atoms with E-state index in [-0.39, 0.29) is 6.61 Å². The Morgan fingerprint density at radius 3 is 2.58 bits per heavy atom. The van der Waals surface area contributed by atoms with E-state index in [9.17, 15) is 9.35 Å². The van der Waals surface area contributed by atoms with Gasteiger partial charge in [0.2, 0.25) is 5.25 Å². The van der Waals surface area contributed by atoms with Crippen LogP contribution in [0.2, 0.25) is 0 Å². The second-order valence-electron chi connectivity index (χ2n) is 5.08. The fraction of sp³-hybridized carbons (Fsp3) is 0.211. The number of hydrogen-bond acceptors (Lipinski definition) is 5. The Balaban J connectivity index is 2.30. The first-order chi connectivity index (χ1) is 12.6. The van der Waals surface area contributed by atoms with Crippen LogP contribution in [-0.4, -0.2) is 29.4 Å². The van der Waals surface area contributed by atoms with E-state index in [0.29, 0.717) is 22.0 Å². The van der Waals surface area contributed by atoms with Gasteiger partial charge < -0.3 is 14.0 Å². The topological polar surface area (TPSA) is 90.9 Å². The van der Waals surface area contributed by atoms with Gasteiger partial charge in [-0.15, -0.1) is 5.92 Å². The summed E-state index contributed by atoms with van der Waals surface area (Å²) in [6.07, 6.45) is 0. The van der Waals surface area contributed by atoms with Gasteiger partial charge in [0.15, 0.2) is 4.90 Å². The van der Waals surface area contributed by atoms with E-state index in [1.807, 2.05) is 0 Å². The van der Waals surface area contributed by atoms with Gasteiger partial charge in [-0.05, 0) is 43.3 Å². The zero-order chi connectivity index (χ0) is 18.9. The van der Waals surface area contributed by atoms with Gasteiger partial charge in [-0.1, -0.05) is 18.1 Å². The Hall–Kier alpha value is -2.66. The molecule has 0 fully saturated rings. The van der Waals surface area contributed by atoms with Crippen molar-refractivity contribution in [3.63, 3.8) is 0 Å². The lowest BCUT2D eigenvalue weighted by atomic mass is 10.1. The molecular formula is C19H19NO5S. The molecule has 0 heterocycles. The Bertz CT molecular complexity index is 798. The van der Waals surface area contributed by atoms with Crippen LogP contribution in [0.15, 0.2) is 53.4 Å². The molecule has 1 amide bonds. The van der Waals surface area contributed by atoms with Crippen molar-refractivity contribution in [3.05, 3.63) is 54.1 Å². The highest BCUT2D eigenvalue weighted by atomic mass is 32.2. The zero-order valence-electron chi connectivity index (χ0n) is 14.4. The van der Waals surface area contributed by atoms with E-state index >= 15 is 0 Å². The molecule has 2 aromatic rings. The number of benzene rings is 2. The normalized spacial score (nSPS) is 12.3. The summed E-state index contributed by atoms with van der Waals surface area (Å²) in [5.41, 5.74) is 2.00. The molecule has 0 radical (unpaired) electrons. The van der Waals surface area contributed by atoms with Crippen LogP contribution in [0, 0.1) is 11.8 Å². The number of hydroxylamine groups is 1. The number of amides is 1. The van der Waals surface area contributed by atoms with E-state index in [1.165, 1.54) is 7.11 Å². The van der Waals surface area contributed by atoms with Crippen molar-refractivity contribution in [1.29, 1.82) is 0 Å². The Morgan fingerprint density at radius 1 is 1.27 bits per heavy atom. The van der Waals surface area contributed by atoms with Crippen molar-refractivity contribution in [3.8, 4) is 23.3 Å². The minimum absolute atomic E-state index is 0.260. The first kappa shape index (κ1) is 19.7. The van der Waals surface area contributed by atoms with Gasteiger partial charge in [0.1, 0.15) is 18.1 Å². The Morgan fingerprint density at radius 2 is 1.96 bits per heavy atom. The summed E-state index contributed by atoms with van der Waals surface area (Å²) in [5, 5.41) is 7.95. The average Bonchev–Trinajstić information content (AvgIpc) is 2.69. The summed E-state index contributed by atoms with van der Waals surface area (Å²) in [6, 6.07) is 13.3. The lowest BCUT2D eigenvalue weighted by Gasteiger charge is -2.21. The molecule has 0 aromatic heterocycles. The van der Waals surface area contributed by atoms with E-state index < -0.39 is 22.3 Å². The van der Waals surface area contributed by atoms with Gasteiger partial charge in [-0.25, -0.2) is 5.48 Å². The number of nitrogens with one attached hydrogen (secondary N) is 1. The highest BCUT2D eigenvalue weighted by Gasteiger charge is 2.36. The molecule has 136 valence electrons. The van der Waals surface area contributed by atoms with Gasteiger partial charge in [0, 0.05) is 11.2 Å². The minimum atomic E-state index is -1.77. The highest BCUT2D eigenvalue weighted by molar-refractivity contribution is 7.92. The van der Waals surface area contributed by atoms with Gasteiger partial charge in [-0.3, -0.25) is 10.0 Å². The largest absolute Gasteiger partial charge is 0.611 e. The van der Waals surface area contributed by atoms with Crippen LogP contribution in [0.25, 0.3) is 0 Å². The number of carbonyl (C=O) groups excluding carboxylic acids is 1. The maximum atomic E-state index is 13.0. The molecule has 2 N–H and O–H groups in total. The summed E-state index contributed by atoms with van der Waals surface area (Å²) in [6.45, 7) is 1.98. The fourth-order valence-electron chi connectivity index (χ4n) is 2.29. The van der Waals surface area contributed by atoms with Crippen LogP contribution >= 0.6 is 0 Å². The van der Waals surface area contributed by atoms with E-state index in [4.69, 9.17) is 14.7 Å². The third-order valence-corrected chi connectivity index (χ3v) is 5.16. The second kappa shape index (κ2) is 9.73. The number of ether oxygens (including phenoxy) is 2. The summed E-state index contributed by atoms with van der Waals surface area (Å²) >= 11 is -1.77. The molecule has 0 bridgehead atoms. The number of rotatable bonds is 7. The molecule has 26 heavy (non-hydrogen) atoms. The summed E-state index contributed by atoms with van der Waals surface area (Å²) in [5.74, 6) is 5.71. The van der Waals surface area contributed by atoms with Crippen LogP contribution in [-0.2, 0) is 16.0 Å². The number of hydrogen-bond donors (Lipinski definition) is 2. The standard InChI is InChI=1S/C19H19NO5S/c1-3-4-13-25-14-9-11-15(12-10-14)26(23)18(19(21)20-22)16-7-5-6-8-17(16)24-2/h5-12,18,22H,13H2,1-2H3,(H,20,21). The van der Waals surface area contributed by atoms with Gasteiger partial charge in [0.05, 0.1) is 12.7 Å². The molecular weight excluding hydrogens is 354 g/mol. The predicted molar refractivity (Wildman–Crippen MR) is 97.5 cm³/mol. The van der Waals surface area contributed by atoms with Crippen LogP contribution in [0.3, 0.4) is 0 Å². The first-order valence-electron chi connectivity index (χ1n) is 7.72. The van der Waals surface area contributed by atoms with Crippen LogP contribution < -0.4 is 15.0 Å². The molecule has 0 saturated carbocycles. The molecule has 2 atom stereocenters. The number of methoxy groups -OCH3 is 1.